The van der Waals surface area contributed by atoms with Gasteiger partial charge in [0.1, 0.15) is 0 Å². The Balaban J connectivity index is 1.49. The van der Waals surface area contributed by atoms with E-state index in [1.54, 1.807) is 0 Å². The molecule has 142 valence electrons. The quantitative estimate of drug-likeness (QED) is 0.416. The third-order valence-corrected chi connectivity index (χ3v) is 6.32. The number of hydrogen-bond acceptors (Lipinski definition) is 2. The molecule has 2 rings (SSSR count). The van der Waals surface area contributed by atoms with Crippen molar-refractivity contribution in [2.45, 2.75) is 90.9 Å². The van der Waals surface area contributed by atoms with Gasteiger partial charge >= 0.3 is 0 Å². The monoisotopic (exact) mass is 338 g/mol. The summed E-state index contributed by atoms with van der Waals surface area (Å²) in [6.07, 6.45) is 16.8. The molecule has 0 aromatic heterocycles. The van der Waals surface area contributed by atoms with Crippen molar-refractivity contribution in [1.29, 1.82) is 0 Å². The van der Waals surface area contributed by atoms with Crippen molar-refractivity contribution < 1.29 is 9.47 Å². The highest BCUT2D eigenvalue weighted by molar-refractivity contribution is 4.76. The van der Waals surface area contributed by atoms with Crippen LogP contribution in [-0.4, -0.2) is 26.4 Å². The van der Waals surface area contributed by atoms with Crippen molar-refractivity contribution in [1.82, 2.24) is 0 Å². The molecule has 0 saturated heterocycles. The zero-order valence-corrected chi connectivity index (χ0v) is 16.4. The zero-order valence-electron chi connectivity index (χ0n) is 16.4. The summed E-state index contributed by atoms with van der Waals surface area (Å²) in [5, 5.41) is 0. The topological polar surface area (TPSA) is 18.5 Å². The van der Waals surface area contributed by atoms with Crippen LogP contribution in [0.1, 0.15) is 90.9 Å². The van der Waals surface area contributed by atoms with Gasteiger partial charge in [0, 0.05) is 26.4 Å². The summed E-state index contributed by atoms with van der Waals surface area (Å²) in [7, 11) is 0. The first kappa shape index (κ1) is 20.2. The van der Waals surface area contributed by atoms with Gasteiger partial charge in [-0.05, 0) is 62.2 Å². The fourth-order valence-corrected chi connectivity index (χ4v) is 4.63. The van der Waals surface area contributed by atoms with E-state index in [1.165, 1.54) is 64.2 Å². The van der Waals surface area contributed by atoms with E-state index in [0.29, 0.717) is 0 Å². The predicted molar refractivity (Wildman–Crippen MR) is 102 cm³/mol. The van der Waals surface area contributed by atoms with Crippen LogP contribution in [0.4, 0.5) is 0 Å². The van der Waals surface area contributed by atoms with Crippen LogP contribution in [0.25, 0.3) is 0 Å². The van der Waals surface area contributed by atoms with Crippen LogP contribution in [0.15, 0.2) is 0 Å². The van der Waals surface area contributed by atoms with Crippen molar-refractivity contribution in [3.8, 4) is 0 Å². The van der Waals surface area contributed by atoms with Gasteiger partial charge in [-0.2, -0.15) is 0 Å². The van der Waals surface area contributed by atoms with Crippen LogP contribution >= 0.6 is 0 Å². The Kier molecular flexibility index (Phi) is 10.4. The van der Waals surface area contributed by atoms with E-state index in [1.807, 2.05) is 0 Å². The Morgan fingerprint density at radius 3 is 1.21 bits per heavy atom. The molecular formula is C22H42O2. The molecule has 2 fully saturated rings. The van der Waals surface area contributed by atoms with E-state index >= 15 is 0 Å². The second kappa shape index (κ2) is 12.3. The Morgan fingerprint density at radius 1 is 0.542 bits per heavy atom. The van der Waals surface area contributed by atoms with E-state index in [9.17, 15) is 0 Å². The van der Waals surface area contributed by atoms with Crippen LogP contribution in [0, 0.1) is 23.7 Å². The van der Waals surface area contributed by atoms with Crippen LogP contribution in [0.5, 0.6) is 0 Å². The summed E-state index contributed by atoms with van der Waals surface area (Å²) in [6.45, 7) is 8.33. The zero-order chi connectivity index (χ0) is 17.0. The van der Waals surface area contributed by atoms with Crippen LogP contribution in [0.3, 0.4) is 0 Å². The smallest absolute Gasteiger partial charge is 0.0494 e. The molecule has 2 aliphatic rings. The first-order chi connectivity index (χ1) is 11.8. The van der Waals surface area contributed by atoms with Crippen molar-refractivity contribution in [3.63, 3.8) is 0 Å². The molecule has 0 atom stereocenters. The van der Waals surface area contributed by atoms with E-state index in [4.69, 9.17) is 9.47 Å². The Hall–Kier alpha value is -0.0800. The second-order valence-corrected chi connectivity index (χ2v) is 8.50. The summed E-state index contributed by atoms with van der Waals surface area (Å²) >= 11 is 0. The molecule has 0 aromatic rings. The van der Waals surface area contributed by atoms with Gasteiger partial charge in [0.15, 0.2) is 0 Å². The second-order valence-electron chi connectivity index (χ2n) is 8.50. The van der Waals surface area contributed by atoms with Gasteiger partial charge in [-0.3, -0.25) is 0 Å². The molecule has 0 aromatic carbocycles. The maximum absolute atomic E-state index is 5.75. The molecule has 0 heterocycles. The molecule has 0 radical (unpaired) electrons. The summed E-state index contributed by atoms with van der Waals surface area (Å²) in [6, 6.07) is 0. The molecule has 0 bridgehead atoms. The lowest BCUT2D eigenvalue weighted by atomic mass is 9.76. The van der Waals surface area contributed by atoms with Crippen LogP contribution < -0.4 is 0 Å². The van der Waals surface area contributed by atoms with Gasteiger partial charge in [0.25, 0.3) is 0 Å². The summed E-state index contributed by atoms with van der Waals surface area (Å²) in [4.78, 5) is 0. The number of ether oxygens (including phenoxy) is 2. The van der Waals surface area contributed by atoms with E-state index in [2.05, 4.69) is 13.8 Å². The fraction of sp³-hybridized carbons (Fsp3) is 1.00. The van der Waals surface area contributed by atoms with Crippen LogP contribution in [-0.2, 0) is 9.47 Å². The van der Waals surface area contributed by atoms with E-state index in [-0.39, 0.29) is 0 Å². The Labute approximate surface area is 151 Å². The molecule has 0 spiro atoms. The third kappa shape index (κ3) is 7.87. The molecule has 0 N–H and O–H groups in total. The van der Waals surface area contributed by atoms with Crippen molar-refractivity contribution in [2.24, 2.45) is 23.7 Å². The minimum atomic E-state index is 0.853. The molecule has 2 nitrogen and oxygen atoms in total. The van der Waals surface area contributed by atoms with Crippen LogP contribution in [0.2, 0.25) is 0 Å². The van der Waals surface area contributed by atoms with Gasteiger partial charge in [0.05, 0.1) is 0 Å². The molecular weight excluding hydrogens is 296 g/mol. The van der Waals surface area contributed by atoms with Gasteiger partial charge in [-0.15, -0.1) is 0 Å². The predicted octanol–water partition coefficient (Wildman–Crippen LogP) is 6.23. The van der Waals surface area contributed by atoms with E-state index in [0.717, 1.165) is 62.9 Å². The first-order valence-electron chi connectivity index (χ1n) is 11.0. The molecule has 2 aliphatic carbocycles. The molecule has 0 unspecified atom stereocenters. The van der Waals surface area contributed by atoms with Crippen molar-refractivity contribution in [3.05, 3.63) is 0 Å². The SMILES string of the molecule is CCCOCC1CCC(CCC2CCC(COCCC)CC2)CC1. The summed E-state index contributed by atoms with van der Waals surface area (Å²) in [5.74, 6) is 3.73. The normalized spacial score (nSPS) is 31.2. The molecule has 24 heavy (non-hydrogen) atoms. The highest BCUT2D eigenvalue weighted by Crippen LogP contribution is 2.36. The average molecular weight is 339 g/mol. The lowest BCUT2D eigenvalue weighted by Crippen LogP contribution is -2.21. The van der Waals surface area contributed by atoms with Gasteiger partial charge in [-0.1, -0.05) is 52.4 Å². The molecule has 2 heteroatoms. The van der Waals surface area contributed by atoms with Gasteiger partial charge in [0.2, 0.25) is 0 Å². The highest BCUT2D eigenvalue weighted by atomic mass is 16.5. The van der Waals surface area contributed by atoms with Crippen molar-refractivity contribution >= 4 is 0 Å². The average Bonchev–Trinajstić information content (AvgIpc) is 2.63. The van der Waals surface area contributed by atoms with E-state index < -0.39 is 0 Å². The lowest BCUT2D eigenvalue weighted by molar-refractivity contribution is 0.0716. The molecule has 0 aliphatic heterocycles. The lowest BCUT2D eigenvalue weighted by Gasteiger charge is -2.32. The Bertz CT molecular complexity index is 258. The minimum absolute atomic E-state index is 0.853. The maximum Gasteiger partial charge on any atom is 0.0494 e. The molecule has 0 amide bonds. The maximum atomic E-state index is 5.75. The largest absolute Gasteiger partial charge is 0.381 e. The first-order valence-corrected chi connectivity index (χ1v) is 11.0. The standard InChI is InChI=1S/C22H42O2/c1-3-15-23-17-21-11-7-19(8-12-21)5-6-20-9-13-22(14-10-20)18-24-16-4-2/h19-22H,3-18H2,1-2H3. The van der Waals surface area contributed by atoms with Crippen molar-refractivity contribution in [2.75, 3.05) is 26.4 Å². The van der Waals surface area contributed by atoms with Gasteiger partial charge in [-0.25, -0.2) is 0 Å². The number of hydrogen-bond donors (Lipinski definition) is 0. The molecule has 2 saturated carbocycles. The summed E-state index contributed by atoms with van der Waals surface area (Å²) in [5.41, 5.74) is 0. The highest BCUT2D eigenvalue weighted by Gasteiger charge is 2.24. The fourth-order valence-electron chi connectivity index (χ4n) is 4.63. The third-order valence-electron chi connectivity index (χ3n) is 6.32. The van der Waals surface area contributed by atoms with Gasteiger partial charge < -0.3 is 9.47 Å². The summed E-state index contributed by atoms with van der Waals surface area (Å²) < 4.78 is 11.5. The minimum Gasteiger partial charge on any atom is -0.381 e. The Morgan fingerprint density at radius 2 is 0.875 bits per heavy atom. The number of rotatable bonds is 11.